The monoisotopic (exact) mass is 295 g/mol. The van der Waals surface area contributed by atoms with Crippen molar-refractivity contribution in [1.29, 1.82) is 0 Å². The molecule has 4 heteroatoms. The molecule has 0 spiro atoms. The molecular formula is C13H18BrN3. The van der Waals surface area contributed by atoms with E-state index in [9.17, 15) is 0 Å². The van der Waals surface area contributed by atoms with Crippen LogP contribution in [0.1, 0.15) is 32.0 Å². The molecule has 2 rings (SSSR count). The molecule has 2 aromatic heterocycles. The lowest BCUT2D eigenvalue weighted by atomic mass is 9.90. The van der Waals surface area contributed by atoms with E-state index < -0.39 is 0 Å². The standard InChI is InChI=1S/C13H18BrN3/c1-8-5-11-16-10(6-13(2,3)4)12(15)17(11)7-9(8)14/h5,7H,6,15H2,1-4H3. The Hall–Kier alpha value is -1.03. The van der Waals surface area contributed by atoms with Gasteiger partial charge in [0.15, 0.2) is 0 Å². The summed E-state index contributed by atoms with van der Waals surface area (Å²) in [5.41, 5.74) is 9.41. The van der Waals surface area contributed by atoms with Gasteiger partial charge in [0, 0.05) is 10.7 Å². The first-order valence-electron chi connectivity index (χ1n) is 5.70. The number of nitrogen functional groups attached to an aromatic ring is 1. The van der Waals surface area contributed by atoms with Crippen molar-refractivity contribution in [3.8, 4) is 0 Å². The van der Waals surface area contributed by atoms with Crippen molar-refractivity contribution < 1.29 is 0 Å². The molecule has 2 aromatic rings. The molecule has 2 heterocycles. The molecule has 17 heavy (non-hydrogen) atoms. The zero-order chi connectivity index (χ0) is 12.8. The van der Waals surface area contributed by atoms with Crippen molar-refractivity contribution in [2.45, 2.75) is 34.1 Å². The van der Waals surface area contributed by atoms with Crippen LogP contribution in [0.3, 0.4) is 0 Å². The van der Waals surface area contributed by atoms with Crippen LogP contribution in [0, 0.1) is 12.3 Å². The van der Waals surface area contributed by atoms with Gasteiger partial charge in [-0.15, -0.1) is 0 Å². The number of aryl methyl sites for hydroxylation is 1. The number of nitrogens with zero attached hydrogens (tertiary/aromatic N) is 2. The van der Waals surface area contributed by atoms with Gasteiger partial charge in [-0.25, -0.2) is 4.98 Å². The van der Waals surface area contributed by atoms with E-state index in [0.717, 1.165) is 28.1 Å². The number of aromatic nitrogens is 2. The zero-order valence-corrected chi connectivity index (χ0v) is 12.3. The van der Waals surface area contributed by atoms with Gasteiger partial charge in [0.2, 0.25) is 0 Å². The molecule has 0 bridgehead atoms. The van der Waals surface area contributed by atoms with E-state index in [-0.39, 0.29) is 5.41 Å². The Kier molecular flexibility index (Phi) is 2.94. The maximum atomic E-state index is 6.14. The number of halogens is 1. The lowest BCUT2D eigenvalue weighted by molar-refractivity contribution is 0.408. The molecular weight excluding hydrogens is 278 g/mol. The van der Waals surface area contributed by atoms with Gasteiger partial charge in [-0.05, 0) is 46.3 Å². The Morgan fingerprint density at radius 2 is 2.06 bits per heavy atom. The Morgan fingerprint density at radius 3 is 2.65 bits per heavy atom. The minimum atomic E-state index is 0.193. The van der Waals surface area contributed by atoms with Gasteiger partial charge in [-0.1, -0.05) is 20.8 Å². The molecule has 0 fully saturated rings. The summed E-state index contributed by atoms with van der Waals surface area (Å²) in [4.78, 5) is 4.62. The van der Waals surface area contributed by atoms with Gasteiger partial charge < -0.3 is 5.73 Å². The molecule has 3 nitrogen and oxygen atoms in total. The van der Waals surface area contributed by atoms with Crippen molar-refractivity contribution in [2.75, 3.05) is 5.73 Å². The largest absolute Gasteiger partial charge is 0.383 e. The SMILES string of the molecule is Cc1cc2nc(CC(C)(C)C)c(N)n2cc1Br. The van der Waals surface area contributed by atoms with Gasteiger partial charge in [-0.3, -0.25) is 4.40 Å². The van der Waals surface area contributed by atoms with Crippen molar-refractivity contribution in [3.05, 3.63) is 28.0 Å². The van der Waals surface area contributed by atoms with E-state index >= 15 is 0 Å². The van der Waals surface area contributed by atoms with E-state index in [4.69, 9.17) is 5.73 Å². The van der Waals surface area contributed by atoms with E-state index in [1.54, 1.807) is 0 Å². The molecule has 0 aliphatic rings. The smallest absolute Gasteiger partial charge is 0.139 e. The highest BCUT2D eigenvalue weighted by Gasteiger charge is 2.17. The van der Waals surface area contributed by atoms with Crippen LogP contribution in [0.4, 0.5) is 5.82 Å². The molecule has 0 atom stereocenters. The quantitative estimate of drug-likeness (QED) is 0.874. The lowest BCUT2D eigenvalue weighted by Gasteiger charge is -2.16. The molecule has 92 valence electrons. The minimum Gasteiger partial charge on any atom is -0.383 e. The van der Waals surface area contributed by atoms with Gasteiger partial charge in [0.05, 0.1) is 5.69 Å². The first-order valence-corrected chi connectivity index (χ1v) is 6.50. The zero-order valence-electron chi connectivity index (χ0n) is 10.7. The summed E-state index contributed by atoms with van der Waals surface area (Å²) < 4.78 is 2.99. The Bertz CT molecular complexity index is 564. The van der Waals surface area contributed by atoms with Crippen LogP contribution in [0.5, 0.6) is 0 Å². The van der Waals surface area contributed by atoms with Crippen LogP contribution < -0.4 is 5.73 Å². The summed E-state index contributed by atoms with van der Waals surface area (Å²) in [7, 11) is 0. The fourth-order valence-corrected chi connectivity index (χ4v) is 2.18. The van der Waals surface area contributed by atoms with E-state index in [2.05, 4.69) is 48.6 Å². The molecule has 0 aromatic carbocycles. The minimum absolute atomic E-state index is 0.193. The Labute approximate surface area is 110 Å². The molecule has 0 unspecified atom stereocenters. The average molecular weight is 296 g/mol. The third-order valence-electron chi connectivity index (χ3n) is 2.71. The number of hydrogen-bond acceptors (Lipinski definition) is 2. The maximum Gasteiger partial charge on any atom is 0.139 e. The van der Waals surface area contributed by atoms with E-state index in [1.165, 1.54) is 5.56 Å². The van der Waals surface area contributed by atoms with Crippen LogP contribution in [-0.2, 0) is 6.42 Å². The summed E-state index contributed by atoms with van der Waals surface area (Å²) in [5.74, 6) is 0.746. The molecule has 0 aliphatic carbocycles. The summed E-state index contributed by atoms with van der Waals surface area (Å²) in [6, 6.07) is 2.05. The molecule has 2 N–H and O–H groups in total. The number of rotatable bonds is 1. The number of imidazole rings is 1. The van der Waals surface area contributed by atoms with Crippen LogP contribution in [0.2, 0.25) is 0 Å². The van der Waals surface area contributed by atoms with Crippen molar-refractivity contribution >= 4 is 27.4 Å². The molecule has 0 amide bonds. The summed E-state index contributed by atoms with van der Waals surface area (Å²) in [6.07, 6.45) is 2.87. The van der Waals surface area contributed by atoms with Crippen LogP contribution >= 0.6 is 15.9 Å². The first kappa shape index (κ1) is 12.4. The third-order valence-corrected chi connectivity index (χ3v) is 3.54. The van der Waals surface area contributed by atoms with Crippen molar-refractivity contribution in [3.63, 3.8) is 0 Å². The second kappa shape index (κ2) is 4.02. The summed E-state index contributed by atoms with van der Waals surface area (Å²) in [6.45, 7) is 8.63. The second-order valence-corrected chi connectivity index (χ2v) is 6.57. The first-order chi connectivity index (χ1) is 7.78. The summed E-state index contributed by atoms with van der Waals surface area (Å²) in [5, 5.41) is 0. The number of pyridine rings is 1. The number of nitrogens with two attached hydrogens (primary N) is 1. The topological polar surface area (TPSA) is 43.3 Å². The number of anilines is 1. The molecule has 0 aliphatic heterocycles. The summed E-state index contributed by atoms with van der Waals surface area (Å²) >= 11 is 3.52. The maximum absolute atomic E-state index is 6.14. The highest BCUT2D eigenvalue weighted by molar-refractivity contribution is 9.10. The van der Waals surface area contributed by atoms with Gasteiger partial charge in [0.25, 0.3) is 0 Å². The van der Waals surface area contributed by atoms with Gasteiger partial charge >= 0.3 is 0 Å². The number of fused-ring (bicyclic) bond motifs is 1. The van der Waals surface area contributed by atoms with Gasteiger partial charge in [0.1, 0.15) is 11.5 Å². The van der Waals surface area contributed by atoms with Crippen LogP contribution in [0.15, 0.2) is 16.7 Å². The van der Waals surface area contributed by atoms with Gasteiger partial charge in [-0.2, -0.15) is 0 Å². The second-order valence-electron chi connectivity index (χ2n) is 5.71. The fraction of sp³-hybridized carbons (Fsp3) is 0.462. The number of hydrogen-bond donors (Lipinski definition) is 1. The van der Waals surface area contributed by atoms with Crippen molar-refractivity contribution in [1.82, 2.24) is 9.38 Å². The predicted octanol–water partition coefficient (Wildman–Crippen LogP) is 3.58. The highest BCUT2D eigenvalue weighted by atomic mass is 79.9. The normalized spacial score (nSPS) is 12.3. The van der Waals surface area contributed by atoms with Crippen LogP contribution in [0.25, 0.3) is 5.65 Å². The van der Waals surface area contributed by atoms with Crippen molar-refractivity contribution in [2.24, 2.45) is 5.41 Å². The van der Waals surface area contributed by atoms with Crippen LogP contribution in [-0.4, -0.2) is 9.38 Å². The predicted molar refractivity (Wildman–Crippen MR) is 75.2 cm³/mol. The molecule has 0 saturated heterocycles. The lowest BCUT2D eigenvalue weighted by Crippen LogP contribution is -2.11. The molecule has 0 radical (unpaired) electrons. The average Bonchev–Trinajstić information content (AvgIpc) is 2.43. The van der Waals surface area contributed by atoms with E-state index in [0.29, 0.717) is 0 Å². The Morgan fingerprint density at radius 1 is 1.41 bits per heavy atom. The van der Waals surface area contributed by atoms with E-state index in [1.807, 2.05) is 16.7 Å². The molecule has 0 saturated carbocycles. The third kappa shape index (κ3) is 2.46. The highest BCUT2D eigenvalue weighted by Crippen LogP contribution is 2.27. The fourth-order valence-electron chi connectivity index (χ4n) is 1.86. The Balaban J connectivity index is 2.57.